The lowest BCUT2D eigenvalue weighted by Gasteiger charge is -2.29. The molecule has 88 valence electrons. The fourth-order valence-corrected chi connectivity index (χ4v) is 1.93. The van der Waals surface area contributed by atoms with E-state index in [-0.39, 0.29) is 5.91 Å². The van der Waals surface area contributed by atoms with Crippen molar-refractivity contribution in [2.24, 2.45) is 5.92 Å². The van der Waals surface area contributed by atoms with Gasteiger partial charge in [-0.15, -0.1) is 0 Å². The number of carbonyl (C=O) groups is 1. The molecule has 1 rings (SSSR count). The molecule has 0 unspecified atom stereocenters. The third-order valence-electron chi connectivity index (χ3n) is 2.55. The lowest BCUT2D eigenvalue weighted by Crippen LogP contribution is -2.49. The van der Waals surface area contributed by atoms with E-state index in [9.17, 15) is 4.79 Å². The zero-order valence-corrected chi connectivity index (χ0v) is 10.1. The van der Waals surface area contributed by atoms with Gasteiger partial charge in [-0.2, -0.15) is 0 Å². The average molecular weight is 213 g/mol. The second-order valence-corrected chi connectivity index (χ2v) is 4.72. The molecule has 1 aliphatic rings. The number of piperazine rings is 1. The number of hydrogen-bond donors (Lipinski definition) is 1. The Labute approximate surface area is 92.6 Å². The predicted octanol–water partition coefficient (Wildman–Crippen LogP) is 0.00600. The Kier molecular flexibility index (Phi) is 5.05. The molecular weight excluding hydrogens is 190 g/mol. The van der Waals surface area contributed by atoms with Gasteiger partial charge in [-0.25, -0.2) is 0 Å². The largest absolute Gasteiger partial charge is 0.339 e. The fourth-order valence-electron chi connectivity index (χ4n) is 1.93. The van der Waals surface area contributed by atoms with Crippen LogP contribution >= 0.6 is 0 Å². The summed E-state index contributed by atoms with van der Waals surface area (Å²) in [6.45, 7) is 9.45. The van der Waals surface area contributed by atoms with Gasteiger partial charge in [0, 0.05) is 32.7 Å². The van der Waals surface area contributed by atoms with Crippen molar-refractivity contribution in [3.8, 4) is 0 Å². The Morgan fingerprint density at radius 2 is 2.00 bits per heavy atom. The average Bonchev–Trinajstić information content (AvgIpc) is 2.17. The molecule has 1 fully saturated rings. The molecule has 1 amide bonds. The van der Waals surface area contributed by atoms with Crippen molar-refractivity contribution in [3.63, 3.8) is 0 Å². The van der Waals surface area contributed by atoms with Crippen LogP contribution in [0.25, 0.3) is 0 Å². The summed E-state index contributed by atoms with van der Waals surface area (Å²) in [7, 11) is 2.01. The molecule has 0 aliphatic carbocycles. The minimum Gasteiger partial charge on any atom is -0.339 e. The molecule has 1 saturated heterocycles. The Balaban J connectivity index is 2.27. The molecule has 0 aromatic carbocycles. The van der Waals surface area contributed by atoms with Crippen LogP contribution in [0.3, 0.4) is 0 Å². The predicted molar refractivity (Wildman–Crippen MR) is 61.8 cm³/mol. The SMILES string of the molecule is CC(C)CN(C)CC(=O)N1CCNCC1. The van der Waals surface area contributed by atoms with E-state index in [1.165, 1.54) is 0 Å². The van der Waals surface area contributed by atoms with Crippen LogP contribution in [0.5, 0.6) is 0 Å². The van der Waals surface area contributed by atoms with Crippen LogP contribution in [0.1, 0.15) is 13.8 Å². The van der Waals surface area contributed by atoms with E-state index < -0.39 is 0 Å². The maximum atomic E-state index is 11.8. The highest BCUT2D eigenvalue weighted by molar-refractivity contribution is 5.78. The standard InChI is InChI=1S/C11H23N3O/c1-10(2)8-13(3)9-11(15)14-6-4-12-5-7-14/h10,12H,4-9H2,1-3H3. The first-order chi connectivity index (χ1) is 7.09. The van der Waals surface area contributed by atoms with Gasteiger partial charge in [-0.1, -0.05) is 13.8 Å². The van der Waals surface area contributed by atoms with Crippen molar-refractivity contribution in [2.75, 3.05) is 46.3 Å². The van der Waals surface area contributed by atoms with E-state index in [0.29, 0.717) is 12.5 Å². The minimum absolute atomic E-state index is 0.264. The van der Waals surface area contributed by atoms with Crippen LogP contribution in [-0.4, -0.2) is 62.0 Å². The summed E-state index contributed by atoms with van der Waals surface area (Å²) >= 11 is 0. The van der Waals surface area contributed by atoms with Gasteiger partial charge in [0.15, 0.2) is 0 Å². The summed E-state index contributed by atoms with van der Waals surface area (Å²) in [5.74, 6) is 0.880. The highest BCUT2D eigenvalue weighted by Gasteiger charge is 2.17. The molecule has 0 bridgehead atoms. The lowest BCUT2D eigenvalue weighted by molar-refractivity contribution is -0.132. The summed E-state index contributed by atoms with van der Waals surface area (Å²) in [5.41, 5.74) is 0. The summed E-state index contributed by atoms with van der Waals surface area (Å²) in [6, 6.07) is 0. The van der Waals surface area contributed by atoms with Gasteiger partial charge in [0.25, 0.3) is 0 Å². The van der Waals surface area contributed by atoms with E-state index in [1.807, 2.05) is 11.9 Å². The van der Waals surface area contributed by atoms with Crippen LogP contribution in [0.15, 0.2) is 0 Å². The quantitative estimate of drug-likeness (QED) is 0.714. The lowest BCUT2D eigenvalue weighted by atomic mass is 10.2. The summed E-state index contributed by atoms with van der Waals surface area (Å²) in [5, 5.41) is 3.25. The van der Waals surface area contributed by atoms with Gasteiger partial charge in [0.05, 0.1) is 6.54 Å². The van der Waals surface area contributed by atoms with Crippen LogP contribution in [0.4, 0.5) is 0 Å². The molecule has 4 heteroatoms. The summed E-state index contributed by atoms with van der Waals surface area (Å²) in [4.78, 5) is 15.9. The van der Waals surface area contributed by atoms with Crippen LogP contribution in [0.2, 0.25) is 0 Å². The van der Waals surface area contributed by atoms with E-state index in [4.69, 9.17) is 0 Å². The number of likely N-dealkylation sites (N-methyl/N-ethyl adjacent to an activating group) is 1. The Morgan fingerprint density at radius 1 is 1.40 bits per heavy atom. The molecule has 0 saturated carbocycles. The smallest absolute Gasteiger partial charge is 0.236 e. The second-order valence-electron chi connectivity index (χ2n) is 4.72. The molecule has 1 aliphatic heterocycles. The number of hydrogen-bond acceptors (Lipinski definition) is 3. The fraction of sp³-hybridized carbons (Fsp3) is 0.909. The summed E-state index contributed by atoms with van der Waals surface area (Å²) in [6.07, 6.45) is 0. The zero-order valence-electron chi connectivity index (χ0n) is 10.1. The van der Waals surface area contributed by atoms with Gasteiger partial charge in [0.1, 0.15) is 0 Å². The topological polar surface area (TPSA) is 35.6 Å². The highest BCUT2D eigenvalue weighted by Crippen LogP contribution is 1.99. The summed E-state index contributed by atoms with van der Waals surface area (Å²) < 4.78 is 0. The first-order valence-corrected chi connectivity index (χ1v) is 5.76. The van der Waals surface area contributed by atoms with E-state index in [2.05, 4.69) is 24.1 Å². The van der Waals surface area contributed by atoms with Crippen LogP contribution < -0.4 is 5.32 Å². The molecule has 0 radical (unpaired) electrons. The van der Waals surface area contributed by atoms with Crippen molar-refractivity contribution in [3.05, 3.63) is 0 Å². The van der Waals surface area contributed by atoms with Crippen molar-refractivity contribution in [1.29, 1.82) is 0 Å². The first-order valence-electron chi connectivity index (χ1n) is 5.76. The van der Waals surface area contributed by atoms with Gasteiger partial charge in [-0.05, 0) is 13.0 Å². The number of nitrogens with one attached hydrogen (secondary N) is 1. The maximum absolute atomic E-state index is 11.8. The highest BCUT2D eigenvalue weighted by atomic mass is 16.2. The molecule has 1 N–H and O–H groups in total. The second kappa shape index (κ2) is 6.08. The first kappa shape index (κ1) is 12.5. The number of amides is 1. The normalized spacial score (nSPS) is 17.5. The maximum Gasteiger partial charge on any atom is 0.236 e. The van der Waals surface area contributed by atoms with Crippen molar-refractivity contribution >= 4 is 5.91 Å². The van der Waals surface area contributed by atoms with E-state index in [0.717, 1.165) is 32.7 Å². The molecule has 0 aromatic rings. The molecule has 15 heavy (non-hydrogen) atoms. The van der Waals surface area contributed by atoms with Crippen LogP contribution in [-0.2, 0) is 4.79 Å². The monoisotopic (exact) mass is 213 g/mol. The van der Waals surface area contributed by atoms with Gasteiger partial charge in [-0.3, -0.25) is 9.69 Å². The van der Waals surface area contributed by atoms with Crippen LogP contribution in [0, 0.1) is 5.92 Å². The molecule has 0 spiro atoms. The molecule has 0 aromatic heterocycles. The third kappa shape index (κ3) is 4.62. The number of carbonyl (C=O) groups excluding carboxylic acids is 1. The molecule has 0 atom stereocenters. The van der Waals surface area contributed by atoms with Crippen molar-refractivity contribution < 1.29 is 4.79 Å². The van der Waals surface area contributed by atoms with Gasteiger partial charge in [0.2, 0.25) is 5.91 Å². The van der Waals surface area contributed by atoms with E-state index >= 15 is 0 Å². The Hall–Kier alpha value is -0.610. The van der Waals surface area contributed by atoms with Gasteiger partial charge >= 0.3 is 0 Å². The number of nitrogens with zero attached hydrogens (tertiary/aromatic N) is 2. The zero-order chi connectivity index (χ0) is 11.3. The minimum atomic E-state index is 0.264. The van der Waals surface area contributed by atoms with E-state index in [1.54, 1.807) is 0 Å². The number of rotatable bonds is 4. The molecule has 4 nitrogen and oxygen atoms in total. The van der Waals surface area contributed by atoms with Gasteiger partial charge < -0.3 is 10.2 Å². The molecule has 1 heterocycles. The van der Waals surface area contributed by atoms with Crippen molar-refractivity contribution in [1.82, 2.24) is 15.1 Å². The van der Waals surface area contributed by atoms with Crippen molar-refractivity contribution in [2.45, 2.75) is 13.8 Å². The third-order valence-corrected chi connectivity index (χ3v) is 2.55. The Morgan fingerprint density at radius 3 is 2.53 bits per heavy atom. The molecular formula is C11H23N3O. The Bertz CT molecular complexity index is 200.